The first kappa shape index (κ1) is 9.26. The van der Waals surface area contributed by atoms with E-state index in [-0.39, 0.29) is 0 Å². The molecule has 0 spiro atoms. The number of piperidine rings is 1. The van der Waals surface area contributed by atoms with Crippen molar-refractivity contribution < 1.29 is 0 Å². The first-order valence-electron chi connectivity index (χ1n) is 5.75. The van der Waals surface area contributed by atoms with Gasteiger partial charge < -0.3 is 5.32 Å². The zero-order valence-corrected chi connectivity index (χ0v) is 8.63. The number of nitrogens with one attached hydrogen (secondary N) is 1. The van der Waals surface area contributed by atoms with Crippen LogP contribution < -0.4 is 5.32 Å². The van der Waals surface area contributed by atoms with E-state index >= 15 is 0 Å². The lowest BCUT2D eigenvalue weighted by Gasteiger charge is -2.31. The largest absolute Gasteiger partial charge is 0.317 e. The van der Waals surface area contributed by atoms with Crippen LogP contribution in [0, 0.1) is 17.8 Å². The van der Waals surface area contributed by atoms with E-state index in [1.165, 1.54) is 38.8 Å². The third-order valence-corrected chi connectivity index (χ3v) is 3.63. The molecular weight excluding hydrogens is 158 g/mol. The Hall–Kier alpha value is -0.300. The molecule has 0 bridgehead atoms. The van der Waals surface area contributed by atoms with Gasteiger partial charge in [-0.2, -0.15) is 0 Å². The van der Waals surface area contributed by atoms with E-state index in [1.807, 2.05) is 0 Å². The lowest BCUT2D eigenvalue weighted by Crippen LogP contribution is -2.31. The summed E-state index contributed by atoms with van der Waals surface area (Å²) in [6.07, 6.45) is 10.5. The highest BCUT2D eigenvalue weighted by Crippen LogP contribution is 2.31. The Kier molecular flexibility index (Phi) is 3.05. The van der Waals surface area contributed by atoms with Crippen LogP contribution in [0.15, 0.2) is 12.2 Å². The van der Waals surface area contributed by atoms with Crippen molar-refractivity contribution in [2.24, 2.45) is 17.8 Å². The standard InChI is InChI=1S/C12H21N/c1-10-2-4-11(5-3-10)12-6-8-13-9-7-12/h2,4,10-13H,3,5-9H2,1H3. The second-order valence-corrected chi connectivity index (χ2v) is 4.69. The topological polar surface area (TPSA) is 12.0 Å². The summed E-state index contributed by atoms with van der Waals surface area (Å²) in [5.74, 6) is 2.71. The molecule has 1 fully saturated rings. The number of hydrogen-bond donors (Lipinski definition) is 1. The number of rotatable bonds is 1. The maximum atomic E-state index is 3.44. The van der Waals surface area contributed by atoms with Gasteiger partial charge in [0.05, 0.1) is 0 Å². The molecule has 1 saturated heterocycles. The van der Waals surface area contributed by atoms with Crippen LogP contribution in [0.1, 0.15) is 32.6 Å². The highest BCUT2D eigenvalue weighted by atomic mass is 14.9. The molecule has 0 aromatic rings. The Morgan fingerprint density at radius 2 is 1.77 bits per heavy atom. The lowest BCUT2D eigenvalue weighted by molar-refractivity contribution is 0.270. The van der Waals surface area contributed by atoms with Crippen molar-refractivity contribution in [1.29, 1.82) is 0 Å². The molecule has 1 aliphatic heterocycles. The van der Waals surface area contributed by atoms with Gasteiger partial charge in [0, 0.05) is 0 Å². The maximum absolute atomic E-state index is 3.44. The van der Waals surface area contributed by atoms with Crippen LogP contribution in [0.2, 0.25) is 0 Å². The number of allylic oxidation sites excluding steroid dienone is 2. The SMILES string of the molecule is CC1C=CC(C2CCNCC2)CC1. The molecule has 0 aromatic heterocycles. The zero-order valence-electron chi connectivity index (χ0n) is 8.63. The molecule has 1 nitrogen and oxygen atoms in total. The van der Waals surface area contributed by atoms with Crippen LogP contribution in [0.3, 0.4) is 0 Å². The van der Waals surface area contributed by atoms with Crippen molar-refractivity contribution in [2.45, 2.75) is 32.6 Å². The Balaban J connectivity index is 1.89. The summed E-state index contributed by atoms with van der Waals surface area (Å²) in [5.41, 5.74) is 0. The van der Waals surface area contributed by atoms with E-state index < -0.39 is 0 Å². The summed E-state index contributed by atoms with van der Waals surface area (Å²) in [6, 6.07) is 0. The highest BCUT2D eigenvalue weighted by molar-refractivity contribution is 4.99. The summed E-state index contributed by atoms with van der Waals surface area (Å²) < 4.78 is 0. The second-order valence-electron chi connectivity index (χ2n) is 4.69. The van der Waals surface area contributed by atoms with Crippen LogP contribution in [0.25, 0.3) is 0 Å². The third kappa shape index (κ3) is 2.34. The monoisotopic (exact) mass is 179 g/mol. The Labute approximate surface area is 81.6 Å². The van der Waals surface area contributed by atoms with Gasteiger partial charge in [0.2, 0.25) is 0 Å². The molecule has 2 aliphatic rings. The molecule has 1 aliphatic carbocycles. The molecule has 1 N–H and O–H groups in total. The molecule has 2 atom stereocenters. The molecule has 0 amide bonds. The molecule has 0 aromatic carbocycles. The van der Waals surface area contributed by atoms with E-state index in [9.17, 15) is 0 Å². The van der Waals surface area contributed by atoms with Crippen molar-refractivity contribution in [3.8, 4) is 0 Å². The van der Waals surface area contributed by atoms with Gasteiger partial charge in [0.15, 0.2) is 0 Å². The van der Waals surface area contributed by atoms with Gasteiger partial charge in [0.25, 0.3) is 0 Å². The van der Waals surface area contributed by atoms with Gasteiger partial charge >= 0.3 is 0 Å². The summed E-state index contributed by atoms with van der Waals surface area (Å²) in [6.45, 7) is 4.81. The van der Waals surface area contributed by atoms with E-state index in [4.69, 9.17) is 0 Å². The summed E-state index contributed by atoms with van der Waals surface area (Å²) in [7, 11) is 0. The zero-order chi connectivity index (χ0) is 9.10. The van der Waals surface area contributed by atoms with Crippen molar-refractivity contribution in [3.05, 3.63) is 12.2 Å². The molecule has 0 radical (unpaired) electrons. The normalized spacial score (nSPS) is 36.4. The average molecular weight is 179 g/mol. The minimum absolute atomic E-state index is 0.831. The minimum Gasteiger partial charge on any atom is -0.317 e. The first-order valence-corrected chi connectivity index (χ1v) is 5.75. The predicted octanol–water partition coefficient (Wildman–Crippen LogP) is 2.59. The third-order valence-electron chi connectivity index (χ3n) is 3.63. The Morgan fingerprint density at radius 1 is 1.00 bits per heavy atom. The van der Waals surface area contributed by atoms with Crippen LogP contribution >= 0.6 is 0 Å². The molecule has 2 unspecified atom stereocenters. The number of hydrogen-bond acceptors (Lipinski definition) is 1. The maximum Gasteiger partial charge on any atom is -0.00461 e. The summed E-state index contributed by atoms with van der Waals surface area (Å²) in [4.78, 5) is 0. The molecule has 1 heteroatoms. The molecule has 1 heterocycles. The fourth-order valence-corrected chi connectivity index (χ4v) is 2.65. The van der Waals surface area contributed by atoms with Crippen molar-refractivity contribution >= 4 is 0 Å². The minimum atomic E-state index is 0.831. The van der Waals surface area contributed by atoms with E-state index in [0.29, 0.717) is 0 Å². The van der Waals surface area contributed by atoms with Crippen molar-refractivity contribution in [2.75, 3.05) is 13.1 Å². The summed E-state index contributed by atoms with van der Waals surface area (Å²) in [5, 5.41) is 3.44. The Bertz CT molecular complexity index is 180. The van der Waals surface area contributed by atoms with Crippen LogP contribution in [-0.4, -0.2) is 13.1 Å². The van der Waals surface area contributed by atoms with Gasteiger partial charge in [-0.05, 0) is 56.5 Å². The smallest absolute Gasteiger partial charge is 0.00461 e. The first-order chi connectivity index (χ1) is 6.36. The van der Waals surface area contributed by atoms with Crippen LogP contribution in [0.5, 0.6) is 0 Å². The Morgan fingerprint density at radius 3 is 2.38 bits per heavy atom. The fourth-order valence-electron chi connectivity index (χ4n) is 2.65. The van der Waals surface area contributed by atoms with Gasteiger partial charge in [0.1, 0.15) is 0 Å². The van der Waals surface area contributed by atoms with E-state index in [0.717, 1.165) is 17.8 Å². The fraction of sp³-hybridized carbons (Fsp3) is 0.833. The lowest BCUT2D eigenvalue weighted by atomic mass is 9.77. The highest BCUT2D eigenvalue weighted by Gasteiger charge is 2.23. The van der Waals surface area contributed by atoms with E-state index in [2.05, 4.69) is 24.4 Å². The van der Waals surface area contributed by atoms with Crippen LogP contribution in [0.4, 0.5) is 0 Å². The molecule has 13 heavy (non-hydrogen) atoms. The van der Waals surface area contributed by atoms with Crippen LogP contribution in [-0.2, 0) is 0 Å². The van der Waals surface area contributed by atoms with Crippen molar-refractivity contribution in [3.63, 3.8) is 0 Å². The predicted molar refractivity (Wildman–Crippen MR) is 56.6 cm³/mol. The summed E-state index contributed by atoms with van der Waals surface area (Å²) >= 11 is 0. The molecule has 2 rings (SSSR count). The van der Waals surface area contributed by atoms with E-state index in [1.54, 1.807) is 0 Å². The van der Waals surface area contributed by atoms with Gasteiger partial charge in [-0.25, -0.2) is 0 Å². The van der Waals surface area contributed by atoms with Gasteiger partial charge in [-0.15, -0.1) is 0 Å². The van der Waals surface area contributed by atoms with Gasteiger partial charge in [-0.3, -0.25) is 0 Å². The van der Waals surface area contributed by atoms with Gasteiger partial charge in [-0.1, -0.05) is 19.1 Å². The molecular formula is C12H21N. The second kappa shape index (κ2) is 4.28. The quantitative estimate of drug-likeness (QED) is 0.610. The molecule has 74 valence electrons. The average Bonchev–Trinajstić information content (AvgIpc) is 2.20. The van der Waals surface area contributed by atoms with Crippen molar-refractivity contribution in [1.82, 2.24) is 5.32 Å². The molecule has 0 saturated carbocycles.